The van der Waals surface area contributed by atoms with Crippen LogP contribution in [0.3, 0.4) is 0 Å². The molecule has 4 amide bonds. The number of benzene rings is 1. The fraction of sp³-hybridized carbons (Fsp3) is 0.368. The first-order valence-corrected chi connectivity index (χ1v) is 10.8. The minimum atomic E-state index is -0.832. The number of aryl methyl sites for hydroxylation is 1. The molecule has 2 aliphatic rings. The standard InChI is InChI=1S/C19H20N4O3S2/c1-11-10-27-18(20-11)28-14-4-2-13(3-5-14)21-15(24)12-6-8-19(9-7-12)16(25)22-17(26)23-19/h2-5,10,12H,6-9H2,1H3,(H,21,24)(H2,22,23,25,26). The molecule has 2 heterocycles. The number of imide groups is 1. The molecule has 7 nitrogen and oxygen atoms in total. The largest absolute Gasteiger partial charge is 0.326 e. The average Bonchev–Trinajstić information content (AvgIpc) is 3.19. The van der Waals surface area contributed by atoms with E-state index >= 15 is 0 Å². The van der Waals surface area contributed by atoms with Crippen molar-refractivity contribution in [2.45, 2.75) is 47.4 Å². The fourth-order valence-corrected chi connectivity index (χ4v) is 5.39. The Morgan fingerprint density at radius 1 is 1.25 bits per heavy atom. The molecule has 0 unspecified atom stereocenters. The Morgan fingerprint density at radius 2 is 1.96 bits per heavy atom. The maximum absolute atomic E-state index is 12.6. The third kappa shape index (κ3) is 3.90. The molecule has 0 bridgehead atoms. The van der Waals surface area contributed by atoms with E-state index in [2.05, 4.69) is 20.9 Å². The molecule has 9 heteroatoms. The van der Waals surface area contributed by atoms with E-state index in [0.717, 1.165) is 20.6 Å². The third-order valence-electron chi connectivity index (χ3n) is 5.15. The third-order valence-corrected chi connectivity index (χ3v) is 7.21. The molecule has 4 rings (SSSR count). The zero-order valence-corrected chi connectivity index (χ0v) is 16.9. The monoisotopic (exact) mass is 416 g/mol. The van der Waals surface area contributed by atoms with Crippen molar-refractivity contribution in [2.75, 3.05) is 5.32 Å². The summed E-state index contributed by atoms with van der Waals surface area (Å²) < 4.78 is 0.994. The van der Waals surface area contributed by atoms with Gasteiger partial charge in [-0.1, -0.05) is 11.8 Å². The Labute approximate surface area is 170 Å². The Bertz CT molecular complexity index is 918. The average molecular weight is 417 g/mol. The molecule has 28 heavy (non-hydrogen) atoms. The number of aromatic nitrogens is 1. The normalized spacial score (nSPS) is 24.1. The number of thiazole rings is 1. The minimum absolute atomic E-state index is 0.0458. The van der Waals surface area contributed by atoms with Crippen LogP contribution in [0.2, 0.25) is 0 Å². The predicted molar refractivity (Wildman–Crippen MR) is 107 cm³/mol. The lowest BCUT2D eigenvalue weighted by Crippen LogP contribution is -2.50. The minimum Gasteiger partial charge on any atom is -0.326 e. The Morgan fingerprint density at radius 3 is 2.54 bits per heavy atom. The second kappa shape index (κ2) is 7.56. The van der Waals surface area contributed by atoms with Gasteiger partial charge in [-0.05, 0) is 56.9 Å². The van der Waals surface area contributed by atoms with Gasteiger partial charge in [0, 0.05) is 27.6 Å². The lowest BCUT2D eigenvalue weighted by atomic mass is 9.76. The molecule has 1 saturated carbocycles. The van der Waals surface area contributed by atoms with Crippen LogP contribution < -0.4 is 16.0 Å². The van der Waals surface area contributed by atoms with Crippen LogP contribution in [0.5, 0.6) is 0 Å². The van der Waals surface area contributed by atoms with E-state index in [9.17, 15) is 14.4 Å². The number of amides is 4. The fourth-order valence-electron chi connectivity index (χ4n) is 3.58. The van der Waals surface area contributed by atoms with Gasteiger partial charge in [0.15, 0.2) is 4.34 Å². The molecule has 2 fully saturated rings. The number of hydrogen-bond donors (Lipinski definition) is 3. The lowest BCUT2D eigenvalue weighted by molar-refractivity contribution is -0.128. The van der Waals surface area contributed by atoms with Gasteiger partial charge in [0.05, 0.1) is 0 Å². The van der Waals surface area contributed by atoms with E-state index in [4.69, 9.17) is 0 Å². The summed E-state index contributed by atoms with van der Waals surface area (Å²) in [6.07, 6.45) is 2.09. The van der Waals surface area contributed by atoms with Crippen LogP contribution >= 0.6 is 23.1 Å². The summed E-state index contributed by atoms with van der Waals surface area (Å²) in [5, 5.41) is 9.98. The number of anilines is 1. The van der Waals surface area contributed by atoms with Gasteiger partial charge < -0.3 is 10.6 Å². The van der Waals surface area contributed by atoms with Crippen LogP contribution in [0.1, 0.15) is 31.4 Å². The van der Waals surface area contributed by atoms with E-state index in [1.165, 1.54) is 0 Å². The first-order valence-electron chi connectivity index (χ1n) is 9.08. The molecule has 1 saturated heterocycles. The second-order valence-corrected chi connectivity index (χ2v) is 9.31. The van der Waals surface area contributed by atoms with Gasteiger partial charge in [-0.25, -0.2) is 9.78 Å². The number of hydrogen-bond acceptors (Lipinski definition) is 6. The molecule has 146 valence electrons. The van der Waals surface area contributed by atoms with E-state index < -0.39 is 11.6 Å². The van der Waals surface area contributed by atoms with Gasteiger partial charge in [-0.3, -0.25) is 14.9 Å². The maximum atomic E-state index is 12.6. The van der Waals surface area contributed by atoms with Gasteiger partial charge in [-0.2, -0.15) is 0 Å². The first-order chi connectivity index (χ1) is 13.4. The number of carbonyl (C=O) groups is 3. The van der Waals surface area contributed by atoms with Crippen molar-refractivity contribution in [2.24, 2.45) is 5.92 Å². The summed E-state index contributed by atoms with van der Waals surface area (Å²) in [7, 11) is 0. The van der Waals surface area contributed by atoms with Crippen molar-refractivity contribution in [3.8, 4) is 0 Å². The Kier molecular flexibility index (Phi) is 5.11. The summed E-state index contributed by atoms with van der Waals surface area (Å²) in [6.45, 7) is 1.97. The molecular formula is C19H20N4O3S2. The van der Waals surface area contributed by atoms with Crippen molar-refractivity contribution in [1.82, 2.24) is 15.6 Å². The SMILES string of the molecule is Cc1csc(Sc2ccc(NC(=O)C3CCC4(CC3)NC(=O)NC4=O)cc2)n1. The zero-order chi connectivity index (χ0) is 19.7. The molecule has 1 aromatic heterocycles. The van der Waals surface area contributed by atoms with Crippen molar-refractivity contribution in [3.63, 3.8) is 0 Å². The van der Waals surface area contributed by atoms with Crippen LogP contribution in [-0.2, 0) is 9.59 Å². The zero-order valence-electron chi connectivity index (χ0n) is 15.3. The number of nitrogens with one attached hydrogen (secondary N) is 3. The summed E-state index contributed by atoms with van der Waals surface area (Å²) in [4.78, 5) is 41.5. The quantitative estimate of drug-likeness (QED) is 0.664. The summed E-state index contributed by atoms with van der Waals surface area (Å²) in [5.41, 5.74) is 0.929. The number of urea groups is 1. The van der Waals surface area contributed by atoms with Crippen LogP contribution in [0.25, 0.3) is 0 Å². The number of rotatable bonds is 4. The topological polar surface area (TPSA) is 100 Å². The van der Waals surface area contributed by atoms with E-state index in [-0.39, 0.29) is 17.7 Å². The molecule has 0 atom stereocenters. The highest BCUT2D eigenvalue weighted by atomic mass is 32.2. The van der Waals surface area contributed by atoms with E-state index in [1.54, 1.807) is 23.1 Å². The van der Waals surface area contributed by atoms with E-state index in [1.807, 2.05) is 36.6 Å². The van der Waals surface area contributed by atoms with Crippen LogP contribution in [0, 0.1) is 12.8 Å². The molecule has 1 aliphatic heterocycles. The number of carbonyl (C=O) groups excluding carboxylic acids is 3. The molecule has 0 radical (unpaired) electrons. The van der Waals surface area contributed by atoms with E-state index in [0.29, 0.717) is 25.7 Å². The van der Waals surface area contributed by atoms with Crippen molar-refractivity contribution >= 4 is 46.6 Å². The maximum Gasteiger partial charge on any atom is 0.322 e. The summed E-state index contributed by atoms with van der Waals surface area (Å²) in [6, 6.07) is 7.25. The van der Waals surface area contributed by atoms with Gasteiger partial charge >= 0.3 is 6.03 Å². The highest BCUT2D eigenvalue weighted by Gasteiger charge is 2.48. The number of nitrogens with zero attached hydrogens (tertiary/aromatic N) is 1. The van der Waals surface area contributed by atoms with Gasteiger partial charge in [0.2, 0.25) is 5.91 Å². The molecule has 1 aromatic carbocycles. The highest BCUT2D eigenvalue weighted by molar-refractivity contribution is 8.01. The smallest absolute Gasteiger partial charge is 0.322 e. The van der Waals surface area contributed by atoms with Gasteiger partial charge in [0.25, 0.3) is 5.91 Å². The Hall–Kier alpha value is -2.39. The van der Waals surface area contributed by atoms with Crippen LogP contribution in [-0.4, -0.2) is 28.4 Å². The molecule has 3 N–H and O–H groups in total. The first kappa shape index (κ1) is 18.9. The molecular weight excluding hydrogens is 396 g/mol. The Balaban J connectivity index is 1.31. The summed E-state index contributed by atoms with van der Waals surface area (Å²) >= 11 is 3.21. The molecule has 1 aliphatic carbocycles. The van der Waals surface area contributed by atoms with Gasteiger partial charge in [-0.15, -0.1) is 11.3 Å². The second-order valence-electron chi connectivity index (χ2n) is 7.14. The summed E-state index contributed by atoms with van der Waals surface area (Å²) in [5.74, 6) is -0.487. The van der Waals surface area contributed by atoms with Crippen LogP contribution in [0.15, 0.2) is 38.9 Å². The predicted octanol–water partition coefficient (Wildman–Crippen LogP) is 3.31. The lowest BCUT2D eigenvalue weighted by Gasteiger charge is -2.33. The van der Waals surface area contributed by atoms with Crippen molar-refractivity contribution < 1.29 is 14.4 Å². The molecule has 1 spiro atoms. The molecule has 2 aromatic rings. The van der Waals surface area contributed by atoms with Crippen molar-refractivity contribution in [1.29, 1.82) is 0 Å². The van der Waals surface area contributed by atoms with Crippen LogP contribution in [0.4, 0.5) is 10.5 Å². The van der Waals surface area contributed by atoms with Crippen molar-refractivity contribution in [3.05, 3.63) is 35.3 Å². The highest BCUT2D eigenvalue weighted by Crippen LogP contribution is 2.35. The van der Waals surface area contributed by atoms with Gasteiger partial charge in [0.1, 0.15) is 5.54 Å².